The van der Waals surface area contributed by atoms with E-state index in [1.807, 2.05) is 13.8 Å². The summed E-state index contributed by atoms with van der Waals surface area (Å²) in [4.78, 5) is 15.9. The van der Waals surface area contributed by atoms with E-state index in [9.17, 15) is 4.79 Å². The Labute approximate surface area is 95.8 Å². The van der Waals surface area contributed by atoms with Crippen LogP contribution in [0.2, 0.25) is 0 Å². The molecule has 0 aliphatic heterocycles. The van der Waals surface area contributed by atoms with Crippen molar-refractivity contribution in [2.45, 2.75) is 39.5 Å². The summed E-state index contributed by atoms with van der Waals surface area (Å²) < 4.78 is 6.61. The first kappa shape index (κ1) is 12.7. The van der Waals surface area contributed by atoms with Gasteiger partial charge in [0.25, 0.3) is 0 Å². The molecule has 1 aromatic rings. The molecule has 0 aromatic carbocycles. The van der Waals surface area contributed by atoms with Gasteiger partial charge >= 0.3 is 5.97 Å². The van der Waals surface area contributed by atoms with Crippen molar-refractivity contribution in [2.24, 2.45) is 7.05 Å². The topological polar surface area (TPSA) is 57.0 Å². The maximum atomic E-state index is 11.6. The molecular formula is C11H19N3O2. The summed E-state index contributed by atoms with van der Waals surface area (Å²) in [5, 5.41) is 4.27. The van der Waals surface area contributed by atoms with Crippen molar-refractivity contribution in [3.05, 3.63) is 11.6 Å². The van der Waals surface area contributed by atoms with Gasteiger partial charge in [0.1, 0.15) is 11.7 Å². The minimum Gasteiger partial charge on any atom is -0.465 e. The third kappa shape index (κ3) is 2.59. The molecule has 0 saturated heterocycles. The van der Waals surface area contributed by atoms with E-state index in [0.29, 0.717) is 12.4 Å². The molecule has 1 aromatic heterocycles. The normalized spacial score (nSPS) is 12.9. The Morgan fingerprint density at radius 3 is 2.50 bits per heavy atom. The van der Waals surface area contributed by atoms with Crippen molar-refractivity contribution in [1.82, 2.24) is 14.8 Å². The molecule has 90 valence electrons. The molecular weight excluding hydrogens is 206 g/mol. The number of ether oxygens (including phenoxy) is 1. The van der Waals surface area contributed by atoms with Gasteiger partial charge in [0.15, 0.2) is 5.82 Å². The molecule has 5 nitrogen and oxygen atoms in total. The van der Waals surface area contributed by atoms with Gasteiger partial charge in [-0.25, -0.2) is 4.98 Å². The summed E-state index contributed by atoms with van der Waals surface area (Å²) in [6.07, 6.45) is 0. The van der Waals surface area contributed by atoms with Gasteiger partial charge in [0.05, 0.1) is 6.61 Å². The number of carbonyl (C=O) groups is 1. The van der Waals surface area contributed by atoms with E-state index in [1.54, 1.807) is 25.6 Å². The summed E-state index contributed by atoms with van der Waals surface area (Å²) >= 11 is 0. The van der Waals surface area contributed by atoms with Crippen LogP contribution in [0.1, 0.15) is 51.2 Å². The lowest BCUT2D eigenvalue weighted by atomic mass is 10.1. The molecule has 0 radical (unpaired) electrons. The smallest absolute Gasteiger partial charge is 0.316 e. The number of carbonyl (C=O) groups excluding carboxylic acids is 1. The average Bonchev–Trinajstić information content (AvgIpc) is 2.60. The van der Waals surface area contributed by atoms with Crippen LogP contribution in [0.25, 0.3) is 0 Å². The Bertz CT molecular complexity index is 371. The second kappa shape index (κ2) is 5.09. The fourth-order valence-electron chi connectivity index (χ4n) is 1.41. The van der Waals surface area contributed by atoms with Crippen molar-refractivity contribution in [1.29, 1.82) is 0 Å². The predicted octanol–water partition coefficient (Wildman–Crippen LogP) is 1.61. The Kier molecular flexibility index (Phi) is 4.04. The van der Waals surface area contributed by atoms with E-state index >= 15 is 0 Å². The number of esters is 1. The molecule has 0 N–H and O–H groups in total. The number of hydrogen-bond acceptors (Lipinski definition) is 4. The molecule has 0 aliphatic rings. The summed E-state index contributed by atoms with van der Waals surface area (Å²) in [6.45, 7) is 8.01. The lowest BCUT2D eigenvalue weighted by Crippen LogP contribution is -2.16. The number of hydrogen-bond donors (Lipinski definition) is 0. The zero-order valence-electron chi connectivity index (χ0n) is 10.5. The van der Waals surface area contributed by atoms with Crippen molar-refractivity contribution < 1.29 is 9.53 Å². The largest absolute Gasteiger partial charge is 0.465 e. The van der Waals surface area contributed by atoms with Crippen LogP contribution in [0.15, 0.2) is 0 Å². The summed E-state index contributed by atoms with van der Waals surface area (Å²) in [5.74, 6) is 1.04. The molecule has 5 heteroatoms. The fraction of sp³-hybridized carbons (Fsp3) is 0.727. The first-order valence-corrected chi connectivity index (χ1v) is 5.54. The first-order chi connectivity index (χ1) is 7.47. The molecule has 0 aliphatic carbocycles. The maximum Gasteiger partial charge on any atom is 0.316 e. The van der Waals surface area contributed by atoms with Gasteiger partial charge in [-0.05, 0) is 13.8 Å². The van der Waals surface area contributed by atoms with E-state index in [0.717, 1.165) is 5.82 Å². The molecule has 0 bridgehead atoms. The zero-order chi connectivity index (χ0) is 12.3. The Balaban J connectivity index is 2.91. The van der Waals surface area contributed by atoms with Crippen molar-refractivity contribution in [3.63, 3.8) is 0 Å². The first-order valence-electron chi connectivity index (χ1n) is 5.54. The number of rotatable bonds is 4. The van der Waals surface area contributed by atoms with Gasteiger partial charge in [-0.15, -0.1) is 0 Å². The molecule has 16 heavy (non-hydrogen) atoms. The van der Waals surface area contributed by atoms with Gasteiger partial charge in [-0.2, -0.15) is 5.10 Å². The molecule has 0 spiro atoms. The van der Waals surface area contributed by atoms with Gasteiger partial charge in [-0.1, -0.05) is 13.8 Å². The summed E-state index contributed by atoms with van der Waals surface area (Å²) in [7, 11) is 1.80. The highest BCUT2D eigenvalue weighted by Gasteiger charge is 2.23. The van der Waals surface area contributed by atoms with Crippen LogP contribution >= 0.6 is 0 Å². The van der Waals surface area contributed by atoms with E-state index in [1.165, 1.54) is 0 Å². The quantitative estimate of drug-likeness (QED) is 0.730. The Hall–Kier alpha value is -1.39. The van der Waals surface area contributed by atoms with Gasteiger partial charge in [0.2, 0.25) is 0 Å². The lowest BCUT2D eigenvalue weighted by molar-refractivity contribution is -0.144. The molecule has 1 heterocycles. The third-order valence-corrected chi connectivity index (χ3v) is 2.36. The van der Waals surface area contributed by atoms with Crippen LogP contribution in [0, 0.1) is 0 Å². The van der Waals surface area contributed by atoms with E-state index in [4.69, 9.17) is 4.74 Å². The minimum absolute atomic E-state index is 0.256. The molecule has 1 atom stereocenters. The van der Waals surface area contributed by atoms with E-state index in [2.05, 4.69) is 10.1 Å². The Morgan fingerprint density at radius 1 is 1.44 bits per heavy atom. The van der Waals surface area contributed by atoms with E-state index in [-0.39, 0.29) is 17.8 Å². The SMILES string of the molecule is CCOC(=O)C(C)c1nc(C(C)C)nn1C. The standard InChI is InChI=1S/C11H19N3O2/c1-6-16-11(15)8(4)10-12-9(7(2)3)13-14(10)5/h7-8H,6H2,1-5H3. The summed E-state index contributed by atoms with van der Waals surface area (Å²) in [6, 6.07) is 0. The minimum atomic E-state index is -0.370. The monoisotopic (exact) mass is 225 g/mol. The lowest BCUT2D eigenvalue weighted by Gasteiger charge is -2.08. The van der Waals surface area contributed by atoms with Crippen LogP contribution in [-0.4, -0.2) is 27.3 Å². The van der Waals surface area contributed by atoms with Crippen molar-refractivity contribution in [2.75, 3.05) is 6.61 Å². The fourth-order valence-corrected chi connectivity index (χ4v) is 1.41. The highest BCUT2D eigenvalue weighted by atomic mass is 16.5. The predicted molar refractivity (Wildman–Crippen MR) is 60.1 cm³/mol. The van der Waals surface area contributed by atoms with Gasteiger partial charge in [0, 0.05) is 13.0 Å². The van der Waals surface area contributed by atoms with Crippen LogP contribution in [0.3, 0.4) is 0 Å². The second-order valence-electron chi connectivity index (χ2n) is 4.08. The number of aryl methyl sites for hydroxylation is 1. The second-order valence-corrected chi connectivity index (χ2v) is 4.08. The van der Waals surface area contributed by atoms with Gasteiger partial charge in [-0.3, -0.25) is 9.48 Å². The number of aromatic nitrogens is 3. The Morgan fingerprint density at radius 2 is 2.06 bits per heavy atom. The van der Waals surface area contributed by atoms with Crippen LogP contribution in [0.5, 0.6) is 0 Å². The van der Waals surface area contributed by atoms with Gasteiger partial charge < -0.3 is 4.74 Å². The van der Waals surface area contributed by atoms with Crippen LogP contribution in [-0.2, 0) is 16.6 Å². The van der Waals surface area contributed by atoms with Crippen molar-refractivity contribution in [3.8, 4) is 0 Å². The third-order valence-electron chi connectivity index (χ3n) is 2.36. The molecule has 0 fully saturated rings. The molecule has 1 rings (SSSR count). The van der Waals surface area contributed by atoms with Crippen LogP contribution in [0.4, 0.5) is 0 Å². The van der Waals surface area contributed by atoms with E-state index < -0.39 is 0 Å². The number of nitrogens with zero attached hydrogens (tertiary/aromatic N) is 3. The van der Waals surface area contributed by atoms with Crippen LogP contribution < -0.4 is 0 Å². The highest BCUT2D eigenvalue weighted by molar-refractivity contribution is 5.76. The molecule has 0 amide bonds. The van der Waals surface area contributed by atoms with Crippen molar-refractivity contribution >= 4 is 5.97 Å². The average molecular weight is 225 g/mol. The summed E-state index contributed by atoms with van der Waals surface area (Å²) in [5.41, 5.74) is 0. The maximum absolute atomic E-state index is 11.6. The highest BCUT2D eigenvalue weighted by Crippen LogP contribution is 2.17. The molecule has 0 saturated carbocycles. The molecule has 1 unspecified atom stereocenters. The zero-order valence-corrected chi connectivity index (χ0v) is 10.5.